The summed E-state index contributed by atoms with van der Waals surface area (Å²) in [6, 6.07) is 10.8. The molecule has 0 unspecified atom stereocenters. The third kappa shape index (κ3) is 3.50. The van der Waals surface area contributed by atoms with E-state index in [0.717, 1.165) is 15.5 Å². The summed E-state index contributed by atoms with van der Waals surface area (Å²) in [5, 5.41) is 0.928. The van der Waals surface area contributed by atoms with E-state index in [1.807, 2.05) is 17.0 Å². The van der Waals surface area contributed by atoms with Crippen molar-refractivity contribution in [2.75, 3.05) is 47.7 Å². The number of hydrogen-bond donors (Lipinski definition) is 0. The van der Waals surface area contributed by atoms with Crippen LogP contribution in [0.5, 0.6) is 0 Å². The fourth-order valence-corrected chi connectivity index (χ4v) is 6.42. The molecule has 8 nitrogen and oxygen atoms in total. The largest absolute Gasteiger partial charge is 0.344 e. The SMILES string of the molecule is O=C(c1cccc(N2CCCS2(=O)=O)c1)N1CCN(c2nc3cccnc3s2)CC1. The Kier molecular flexibility index (Phi) is 4.82. The monoisotopic (exact) mass is 443 g/mol. The van der Waals surface area contributed by atoms with E-state index >= 15 is 0 Å². The van der Waals surface area contributed by atoms with Gasteiger partial charge in [-0.15, -0.1) is 0 Å². The van der Waals surface area contributed by atoms with Gasteiger partial charge in [0.25, 0.3) is 5.91 Å². The van der Waals surface area contributed by atoms with Gasteiger partial charge in [-0.3, -0.25) is 9.10 Å². The van der Waals surface area contributed by atoms with Crippen LogP contribution in [-0.2, 0) is 10.0 Å². The van der Waals surface area contributed by atoms with Crippen LogP contribution in [0.3, 0.4) is 0 Å². The number of pyridine rings is 1. The van der Waals surface area contributed by atoms with E-state index in [-0.39, 0.29) is 11.7 Å². The normalized spacial score (nSPS) is 18.9. The van der Waals surface area contributed by atoms with Gasteiger partial charge < -0.3 is 9.80 Å². The third-order valence-electron chi connectivity index (χ3n) is 5.47. The number of carbonyl (C=O) groups is 1. The van der Waals surface area contributed by atoms with Crippen LogP contribution in [-0.4, -0.2) is 67.7 Å². The molecule has 2 fully saturated rings. The van der Waals surface area contributed by atoms with E-state index in [1.54, 1.807) is 41.8 Å². The van der Waals surface area contributed by atoms with Crippen molar-refractivity contribution in [3.05, 3.63) is 48.2 Å². The molecule has 2 aliphatic heterocycles. The number of benzene rings is 1. The zero-order valence-electron chi connectivity index (χ0n) is 16.3. The zero-order valence-corrected chi connectivity index (χ0v) is 17.9. The standard InChI is InChI=1S/C20H21N5O3S2/c26-19(15-4-1-5-16(14-15)25-8-3-13-30(25,27)28)23-9-11-24(12-10-23)20-22-17-6-2-7-21-18(17)29-20/h1-2,4-7,14H,3,8-13H2. The van der Waals surface area contributed by atoms with Gasteiger partial charge in [0, 0.05) is 44.5 Å². The first-order valence-corrected chi connectivity index (χ1v) is 12.3. The quantitative estimate of drug-likeness (QED) is 0.617. The summed E-state index contributed by atoms with van der Waals surface area (Å²) >= 11 is 1.56. The maximum absolute atomic E-state index is 13.0. The zero-order chi connectivity index (χ0) is 20.7. The number of fused-ring (bicyclic) bond motifs is 1. The van der Waals surface area contributed by atoms with E-state index in [4.69, 9.17) is 0 Å². The first-order valence-electron chi connectivity index (χ1n) is 9.87. The fraction of sp³-hybridized carbons (Fsp3) is 0.350. The molecule has 0 atom stereocenters. The van der Waals surface area contributed by atoms with Gasteiger partial charge >= 0.3 is 0 Å². The van der Waals surface area contributed by atoms with Gasteiger partial charge in [-0.05, 0) is 36.8 Å². The van der Waals surface area contributed by atoms with Crippen molar-refractivity contribution in [2.24, 2.45) is 0 Å². The first-order chi connectivity index (χ1) is 14.5. The minimum atomic E-state index is -3.27. The number of amides is 1. The number of nitrogens with zero attached hydrogens (tertiary/aromatic N) is 5. The molecule has 2 saturated heterocycles. The highest BCUT2D eigenvalue weighted by atomic mass is 32.2. The molecule has 1 aromatic carbocycles. The average Bonchev–Trinajstić information content (AvgIpc) is 3.36. The number of sulfonamides is 1. The second-order valence-electron chi connectivity index (χ2n) is 7.40. The molecule has 2 aromatic heterocycles. The maximum atomic E-state index is 13.0. The summed E-state index contributed by atoms with van der Waals surface area (Å²) in [5.74, 6) is 0.0908. The highest BCUT2D eigenvalue weighted by Crippen LogP contribution is 2.28. The van der Waals surface area contributed by atoms with Crippen molar-refractivity contribution in [1.29, 1.82) is 0 Å². The number of piperazine rings is 1. The smallest absolute Gasteiger partial charge is 0.254 e. The predicted molar refractivity (Wildman–Crippen MR) is 118 cm³/mol. The lowest BCUT2D eigenvalue weighted by Crippen LogP contribution is -2.48. The molecule has 0 N–H and O–H groups in total. The van der Waals surface area contributed by atoms with E-state index in [1.165, 1.54) is 4.31 Å². The molecule has 0 spiro atoms. The minimum Gasteiger partial charge on any atom is -0.344 e. The highest BCUT2D eigenvalue weighted by molar-refractivity contribution is 7.93. The summed E-state index contributed by atoms with van der Waals surface area (Å²) in [5.41, 5.74) is 1.98. The van der Waals surface area contributed by atoms with E-state index in [9.17, 15) is 13.2 Å². The number of hydrogen-bond acceptors (Lipinski definition) is 7. The molecule has 5 rings (SSSR count). The molecule has 0 aliphatic carbocycles. The van der Waals surface area contributed by atoms with Gasteiger partial charge in [-0.1, -0.05) is 17.4 Å². The number of thiazole rings is 1. The number of rotatable bonds is 3. The molecular weight excluding hydrogens is 422 g/mol. The molecule has 0 saturated carbocycles. The average molecular weight is 444 g/mol. The number of anilines is 2. The van der Waals surface area contributed by atoms with E-state index in [2.05, 4.69) is 14.9 Å². The molecule has 2 aliphatic rings. The Balaban J connectivity index is 1.28. The molecule has 3 aromatic rings. The first kappa shape index (κ1) is 19.3. The highest BCUT2D eigenvalue weighted by Gasteiger charge is 2.29. The van der Waals surface area contributed by atoms with Gasteiger partial charge in [0.05, 0.1) is 11.4 Å². The van der Waals surface area contributed by atoms with Gasteiger partial charge in [-0.25, -0.2) is 18.4 Å². The van der Waals surface area contributed by atoms with E-state index < -0.39 is 10.0 Å². The van der Waals surface area contributed by atoms with Crippen molar-refractivity contribution >= 4 is 48.4 Å². The molecule has 1 amide bonds. The Hall–Kier alpha value is -2.72. The lowest BCUT2D eigenvalue weighted by molar-refractivity contribution is 0.0747. The summed E-state index contributed by atoms with van der Waals surface area (Å²) in [4.78, 5) is 26.9. The van der Waals surface area contributed by atoms with Crippen LogP contribution in [0.1, 0.15) is 16.8 Å². The summed E-state index contributed by atoms with van der Waals surface area (Å²) in [6.45, 7) is 3.05. The Labute approximate surface area is 178 Å². The summed E-state index contributed by atoms with van der Waals surface area (Å²) < 4.78 is 25.8. The lowest BCUT2D eigenvalue weighted by Gasteiger charge is -2.34. The van der Waals surface area contributed by atoms with Gasteiger partial charge in [0.15, 0.2) is 5.13 Å². The lowest BCUT2D eigenvalue weighted by atomic mass is 10.1. The van der Waals surface area contributed by atoms with Gasteiger partial charge in [0.1, 0.15) is 10.3 Å². The maximum Gasteiger partial charge on any atom is 0.254 e. The predicted octanol–water partition coefficient (Wildman–Crippen LogP) is 2.19. The minimum absolute atomic E-state index is 0.0703. The molecule has 0 bridgehead atoms. The second kappa shape index (κ2) is 7.51. The Morgan fingerprint density at radius 3 is 2.60 bits per heavy atom. The summed E-state index contributed by atoms with van der Waals surface area (Å²) in [7, 11) is -3.27. The van der Waals surface area contributed by atoms with Gasteiger partial charge in [-0.2, -0.15) is 0 Å². The van der Waals surface area contributed by atoms with Crippen molar-refractivity contribution in [3.63, 3.8) is 0 Å². The Morgan fingerprint density at radius 1 is 1.03 bits per heavy atom. The van der Waals surface area contributed by atoms with Crippen LogP contribution in [0.2, 0.25) is 0 Å². The summed E-state index contributed by atoms with van der Waals surface area (Å²) in [6.07, 6.45) is 2.38. The van der Waals surface area contributed by atoms with Crippen molar-refractivity contribution < 1.29 is 13.2 Å². The molecule has 10 heteroatoms. The van der Waals surface area contributed by atoms with Crippen molar-refractivity contribution in [3.8, 4) is 0 Å². The molecule has 0 radical (unpaired) electrons. The molecule has 4 heterocycles. The molecule has 30 heavy (non-hydrogen) atoms. The topological polar surface area (TPSA) is 86.7 Å². The van der Waals surface area contributed by atoms with Gasteiger partial charge in [0.2, 0.25) is 10.0 Å². The molecular formula is C20H21N5O3S2. The van der Waals surface area contributed by atoms with Crippen LogP contribution in [0, 0.1) is 0 Å². The fourth-order valence-electron chi connectivity index (χ4n) is 3.90. The van der Waals surface area contributed by atoms with Crippen molar-refractivity contribution in [2.45, 2.75) is 6.42 Å². The third-order valence-corrected chi connectivity index (χ3v) is 8.38. The Bertz CT molecular complexity index is 1170. The number of carbonyl (C=O) groups excluding carboxylic acids is 1. The van der Waals surface area contributed by atoms with Crippen LogP contribution < -0.4 is 9.21 Å². The number of aromatic nitrogens is 2. The molecule has 156 valence electrons. The van der Waals surface area contributed by atoms with Crippen LogP contribution in [0.4, 0.5) is 10.8 Å². The Morgan fingerprint density at radius 2 is 1.87 bits per heavy atom. The van der Waals surface area contributed by atoms with Crippen LogP contribution in [0.15, 0.2) is 42.6 Å². The second-order valence-corrected chi connectivity index (χ2v) is 10.4. The van der Waals surface area contributed by atoms with Crippen LogP contribution in [0.25, 0.3) is 10.3 Å². The van der Waals surface area contributed by atoms with Crippen LogP contribution >= 0.6 is 11.3 Å². The van der Waals surface area contributed by atoms with Crippen molar-refractivity contribution in [1.82, 2.24) is 14.9 Å². The van der Waals surface area contributed by atoms with E-state index in [0.29, 0.717) is 50.4 Å².